The van der Waals surface area contributed by atoms with Crippen LogP contribution in [0.2, 0.25) is 10.0 Å². The second kappa shape index (κ2) is 4.85. The molecule has 0 aliphatic heterocycles. The highest BCUT2D eigenvalue weighted by Crippen LogP contribution is 2.29. The van der Waals surface area contributed by atoms with Crippen molar-refractivity contribution in [3.63, 3.8) is 0 Å². The van der Waals surface area contributed by atoms with Crippen molar-refractivity contribution in [2.24, 2.45) is 5.73 Å². The van der Waals surface area contributed by atoms with E-state index in [0.29, 0.717) is 16.6 Å². The Kier molecular flexibility index (Phi) is 3.19. The third-order valence-electron chi connectivity index (χ3n) is 2.96. The Morgan fingerprint density at radius 2 is 1.95 bits per heavy atom. The van der Waals surface area contributed by atoms with E-state index < -0.39 is 0 Å². The molecular formula is C14H11Cl2N3. The molecule has 0 unspecified atom stereocenters. The van der Waals surface area contributed by atoms with Crippen molar-refractivity contribution in [3.05, 3.63) is 58.3 Å². The first kappa shape index (κ1) is 12.5. The standard InChI is InChI=1S/C14H11Cl2N3/c15-10-2-3-11(12(16)5-10)13-8-19-7-9(6-17)1-4-14(19)18-13/h1-5,7-8H,6,17H2. The molecule has 0 spiro atoms. The molecule has 19 heavy (non-hydrogen) atoms. The first-order valence-electron chi connectivity index (χ1n) is 5.80. The normalized spacial score (nSPS) is 11.1. The monoisotopic (exact) mass is 291 g/mol. The molecule has 5 heteroatoms. The van der Waals surface area contributed by atoms with E-state index >= 15 is 0 Å². The second-order valence-corrected chi connectivity index (χ2v) is 5.10. The van der Waals surface area contributed by atoms with Gasteiger partial charge in [0.05, 0.1) is 10.7 Å². The molecule has 96 valence electrons. The van der Waals surface area contributed by atoms with E-state index in [0.717, 1.165) is 22.5 Å². The number of nitrogens with two attached hydrogens (primary N) is 1. The van der Waals surface area contributed by atoms with Gasteiger partial charge in [-0.15, -0.1) is 0 Å². The molecule has 3 rings (SSSR count). The van der Waals surface area contributed by atoms with Gasteiger partial charge in [-0.2, -0.15) is 0 Å². The minimum Gasteiger partial charge on any atom is -0.326 e. The Hall–Kier alpha value is -1.55. The fraction of sp³-hybridized carbons (Fsp3) is 0.0714. The van der Waals surface area contributed by atoms with Crippen LogP contribution in [0.3, 0.4) is 0 Å². The van der Waals surface area contributed by atoms with Gasteiger partial charge >= 0.3 is 0 Å². The third-order valence-corrected chi connectivity index (χ3v) is 3.50. The summed E-state index contributed by atoms with van der Waals surface area (Å²) in [5.41, 5.74) is 9.22. The van der Waals surface area contributed by atoms with Crippen molar-refractivity contribution in [2.45, 2.75) is 6.54 Å². The highest BCUT2D eigenvalue weighted by atomic mass is 35.5. The maximum atomic E-state index is 6.20. The lowest BCUT2D eigenvalue weighted by Crippen LogP contribution is -1.97. The number of aromatic nitrogens is 2. The van der Waals surface area contributed by atoms with Gasteiger partial charge in [0.1, 0.15) is 5.65 Å². The van der Waals surface area contributed by atoms with Crippen LogP contribution in [0.5, 0.6) is 0 Å². The van der Waals surface area contributed by atoms with E-state index in [-0.39, 0.29) is 0 Å². The van der Waals surface area contributed by atoms with Gasteiger partial charge in [0, 0.05) is 29.5 Å². The minimum absolute atomic E-state index is 0.505. The summed E-state index contributed by atoms with van der Waals surface area (Å²) in [5, 5.41) is 1.21. The van der Waals surface area contributed by atoms with E-state index in [4.69, 9.17) is 28.9 Å². The number of hydrogen-bond acceptors (Lipinski definition) is 2. The molecule has 3 nitrogen and oxygen atoms in total. The number of halogens is 2. The predicted molar refractivity (Wildman–Crippen MR) is 78.5 cm³/mol. The van der Waals surface area contributed by atoms with Crippen molar-refractivity contribution < 1.29 is 0 Å². The Labute approximate surface area is 120 Å². The van der Waals surface area contributed by atoms with Crippen LogP contribution in [-0.2, 0) is 6.54 Å². The number of hydrogen-bond donors (Lipinski definition) is 1. The molecule has 0 fully saturated rings. The topological polar surface area (TPSA) is 43.3 Å². The second-order valence-electron chi connectivity index (χ2n) is 4.26. The van der Waals surface area contributed by atoms with Crippen molar-refractivity contribution in [1.82, 2.24) is 9.38 Å². The lowest BCUT2D eigenvalue weighted by atomic mass is 10.2. The number of pyridine rings is 1. The van der Waals surface area contributed by atoms with E-state index in [9.17, 15) is 0 Å². The van der Waals surface area contributed by atoms with Crippen LogP contribution < -0.4 is 5.73 Å². The molecule has 2 aromatic heterocycles. The molecule has 1 aromatic carbocycles. The van der Waals surface area contributed by atoms with Crippen LogP contribution in [0.15, 0.2) is 42.7 Å². The summed E-state index contributed by atoms with van der Waals surface area (Å²) in [6.07, 6.45) is 3.90. The first-order chi connectivity index (χ1) is 9.17. The van der Waals surface area contributed by atoms with Gasteiger partial charge in [0.25, 0.3) is 0 Å². The van der Waals surface area contributed by atoms with Crippen LogP contribution in [0.25, 0.3) is 16.9 Å². The molecule has 3 aromatic rings. The SMILES string of the molecule is NCc1ccc2nc(-c3ccc(Cl)cc3Cl)cn2c1. The van der Waals surface area contributed by atoms with Crippen LogP contribution in [-0.4, -0.2) is 9.38 Å². The van der Waals surface area contributed by atoms with Gasteiger partial charge < -0.3 is 10.1 Å². The average Bonchev–Trinajstić information content (AvgIpc) is 2.80. The maximum absolute atomic E-state index is 6.20. The molecule has 0 saturated carbocycles. The zero-order valence-corrected chi connectivity index (χ0v) is 11.5. The first-order valence-corrected chi connectivity index (χ1v) is 6.56. The Bertz CT molecular complexity index is 750. The molecule has 2 heterocycles. The lowest BCUT2D eigenvalue weighted by Gasteiger charge is -2.00. The average molecular weight is 292 g/mol. The van der Waals surface area contributed by atoms with Crippen molar-refractivity contribution in [3.8, 4) is 11.3 Å². The highest BCUT2D eigenvalue weighted by Gasteiger charge is 2.08. The van der Waals surface area contributed by atoms with Gasteiger partial charge in [-0.1, -0.05) is 29.3 Å². The Morgan fingerprint density at radius 1 is 1.11 bits per heavy atom. The molecule has 0 radical (unpaired) electrons. The van der Waals surface area contributed by atoms with E-state index in [2.05, 4.69) is 4.98 Å². The quantitative estimate of drug-likeness (QED) is 0.781. The van der Waals surface area contributed by atoms with Gasteiger partial charge in [0.2, 0.25) is 0 Å². The summed E-state index contributed by atoms with van der Waals surface area (Å²) >= 11 is 12.1. The fourth-order valence-corrected chi connectivity index (χ4v) is 2.49. The van der Waals surface area contributed by atoms with Crippen molar-refractivity contribution in [2.75, 3.05) is 0 Å². The van der Waals surface area contributed by atoms with Gasteiger partial charge in [-0.25, -0.2) is 4.98 Å². The molecular weight excluding hydrogens is 281 g/mol. The van der Waals surface area contributed by atoms with E-state index in [1.807, 2.05) is 35.0 Å². The van der Waals surface area contributed by atoms with Crippen molar-refractivity contribution >= 4 is 28.8 Å². The summed E-state index contributed by atoms with van der Waals surface area (Å²) in [7, 11) is 0. The van der Waals surface area contributed by atoms with Crippen LogP contribution >= 0.6 is 23.2 Å². The molecule has 0 aliphatic rings. The Balaban J connectivity index is 2.14. The van der Waals surface area contributed by atoms with Gasteiger partial charge in [-0.05, 0) is 29.8 Å². The Morgan fingerprint density at radius 3 is 2.68 bits per heavy atom. The summed E-state index contributed by atoms with van der Waals surface area (Å²) < 4.78 is 1.95. The minimum atomic E-state index is 0.505. The zero-order chi connectivity index (χ0) is 13.4. The summed E-state index contributed by atoms with van der Waals surface area (Å²) in [6, 6.07) is 9.30. The largest absolute Gasteiger partial charge is 0.326 e. The number of imidazole rings is 1. The summed E-state index contributed by atoms with van der Waals surface area (Å²) in [5.74, 6) is 0. The lowest BCUT2D eigenvalue weighted by molar-refractivity contribution is 1.03. The number of fused-ring (bicyclic) bond motifs is 1. The number of rotatable bonds is 2. The van der Waals surface area contributed by atoms with Gasteiger partial charge in [0.15, 0.2) is 0 Å². The van der Waals surface area contributed by atoms with E-state index in [1.165, 1.54) is 0 Å². The molecule has 0 saturated heterocycles. The smallest absolute Gasteiger partial charge is 0.137 e. The molecule has 0 aliphatic carbocycles. The fourth-order valence-electron chi connectivity index (χ4n) is 1.99. The summed E-state index contributed by atoms with van der Waals surface area (Å²) in [6.45, 7) is 0.505. The van der Waals surface area contributed by atoms with Crippen molar-refractivity contribution in [1.29, 1.82) is 0 Å². The van der Waals surface area contributed by atoms with Gasteiger partial charge in [-0.3, -0.25) is 0 Å². The molecule has 0 atom stereocenters. The third kappa shape index (κ3) is 2.32. The molecule has 0 bridgehead atoms. The predicted octanol–water partition coefficient (Wildman–Crippen LogP) is 3.77. The molecule has 2 N–H and O–H groups in total. The number of nitrogens with zero attached hydrogens (tertiary/aromatic N) is 2. The van der Waals surface area contributed by atoms with Crippen LogP contribution in [0, 0.1) is 0 Å². The van der Waals surface area contributed by atoms with E-state index in [1.54, 1.807) is 12.1 Å². The van der Waals surface area contributed by atoms with Crippen LogP contribution in [0.1, 0.15) is 5.56 Å². The maximum Gasteiger partial charge on any atom is 0.137 e. The summed E-state index contributed by atoms with van der Waals surface area (Å²) in [4.78, 5) is 4.54. The van der Waals surface area contributed by atoms with Crippen LogP contribution in [0.4, 0.5) is 0 Å². The zero-order valence-electron chi connectivity index (χ0n) is 9.98. The number of benzene rings is 1. The molecule has 0 amide bonds. The highest BCUT2D eigenvalue weighted by molar-refractivity contribution is 6.36.